The maximum absolute atomic E-state index is 15.0. The Labute approximate surface area is 222 Å². The van der Waals surface area contributed by atoms with Crippen molar-refractivity contribution < 1.29 is 14.4 Å². The minimum absolute atomic E-state index is 0.00640. The highest BCUT2D eigenvalue weighted by Gasteiger charge is 2.64. The molecule has 0 N–H and O–H groups in total. The highest BCUT2D eigenvalue weighted by molar-refractivity contribution is 6.15. The molecule has 37 heavy (non-hydrogen) atoms. The van der Waals surface area contributed by atoms with Crippen molar-refractivity contribution in [3.05, 3.63) is 0 Å². The van der Waals surface area contributed by atoms with Crippen molar-refractivity contribution in [3.8, 4) is 0 Å². The molecule has 3 amide bonds. The number of rotatable bonds is 3. The summed E-state index contributed by atoms with van der Waals surface area (Å²) >= 11 is 0. The summed E-state index contributed by atoms with van der Waals surface area (Å²) in [6.07, 6.45) is 20.0. The van der Waals surface area contributed by atoms with Crippen molar-refractivity contribution in [2.24, 2.45) is 69.5 Å². The smallest absolute Gasteiger partial charge is 0.242 e. The molecule has 0 saturated heterocycles. The first-order chi connectivity index (χ1) is 17.8. The van der Waals surface area contributed by atoms with Crippen LogP contribution in [0.3, 0.4) is 0 Å². The molecular weight excluding hydrogens is 458 g/mol. The quantitative estimate of drug-likeness (QED) is 0.412. The molecule has 0 aromatic carbocycles. The van der Waals surface area contributed by atoms with Crippen LogP contribution in [0.5, 0.6) is 0 Å². The summed E-state index contributed by atoms with van der Waals surface area (Å²) in [7, 11) is 0. The van der Waals surface area contributed by atoms with E-state index in [4.69, 9.17) is 0 Å². The Hall–Kier alpha value is -1.19. The highest BCUT2D eigenvalue weighted by Crippen LogP contribution is 2.65. The zero-order valence-corrected chi connectivity index (χ0v) is 22.6. The molecule has 0 aliphatic heterocycles. The molecular formula is C33H45NO3. The van der Waals surface area contributed by atoms with Crippen LogP contribution in [0.2, 0.25) is 0 Å². The van der Waals surface area contributed by atoms with E-state index in [1.165, 1.54) is 62.7 Å². The Morgan fingerprint density at radius 3 is 0.676 bits per heavy atom. The van der Waals surface area contributed by atoms with E-state index in [1.807, 2.05) is 0 Å². The number of amides is 3. The van der Waals surface area contributed by atoms with E-state index >= 15 is 0 Å². The number of nitrogens with zero attached hydrogens (tertiary/aromatic N) is 1. The van der Waals surface area contributed by atoms with Gasteiger partial charge in [-0.1, -0.05) is 0 Å². The molecule has 12 fully saturated rings. The topological polar surface area (TPSA) is 54.5 Å². The third-order valence-electron chi connectivity index (χ3n) is 14.1. The van der Waals surface area contributed by atoms with Crippen LogP contribution in [0.4, 0.5) is 0 Å². The summed E-state index contributed by atoms with van der Waals surface area (Å²) in [5, 5.41) is 0. The van der Waals surface area contributed by atoms with E-state index in [1.54, 1.807) is 0 Å². The van der Waals surface area contributed by atoms with Crippen molar-refractivity contribution in [2.75, 3.05) is 0 Å². The van der Waals surface area contributed by atoms with Crippen LogP contribution in [-0.2, 0) is 14.4 Å². The number of hydrogen-bond donors (Lipinski definition) is 0. The van der Waals surface area contributed by atoms with Gasteiger partial charge < -0.3 is 0 Å². The molecule has 12 bridgehead atoms. The molecule has 4 heteroatoms. The summed E-state index contributed by atoms with van der Waals surface area (Å²) in [6, 6.07) is 0. The van der Waals surface area contributed by atoms with Gasteiger partial charge in [-0.15, -0.1) is 0 Å². The predicted molar refractivity (Wildman–Crippen MR) is 139 cm³/mol. The Morgan fingerprint density at radius 2 is 0.514 bits per heavy atom. The predicted octanol–water partition coefficient (Wildman–Crippen LogP) is 6.52. The SMILES string of the molecule is O=C(N(C(=O)C12CC3CC(CC(C3)C1)C2)C(=O)C12CC3CC(CC(C3)C1)C2)C12CC3CC(CC(C3)C1)C2. The van der Waals surface area contributed by atoms with Gasteiger partial charge in [0.15, 0.2) is 0 Å². The van der Waals surface area contributed by atoms with Gasteiger partial charge in [0, 0.05) is 0 Å². The van der Waals surface area contributed by atoms with Crippen LogP contribution in [0.25, 0.3) is 0 Å². The maximum atomic E-state index is 15.0. The van der Waals surface area contributed by atoms with Crippen molar-refractivity contribution in [1.29, 1.82) is 0 Å². The third-order valence-corrected chi connectivity index (χ3v) is 14.1. The molecule has 0 spiro atoms. The van der Waals surface area contributed by atoms with Gasteiger partial charge in [-0.3, -0.25) is 14.4 Å². The molecule has 200 valence electrons. The number of hydrogen-bond acceptors (Lipinski definition) is 3. The minimum Gasteiger partial charge on any atom is -0.273 e. The summed E-state index contributed by atoms with van der Waals surface area (Å²) in [5.74, 6) is 5.74. The van der Waals surface area contributed by atoms with E-state index in [0.717, 1.165) is 57.8 Å². The van der Waals surface area contributed by atoms with E-state index < -0.39 is 16.2 Å². The average Bonchev–Trinajstić information content (AvgIpc) is 2.81. The zero-order chi connectivity index (χ0) is 24.7. The first-order valence-electron chi connectivity index (χ1n) is 16.2. The monoisotopic (exact) mass is 503 g/mol. The largest absolute Gasteiger partial charge is 0.273 e. The molecule has 0 radical (unpaired) electrons. The molecule has 0 unspecified atom stereocenters. The van der Waals surface area contributed by atoms with Gasteiger partial charge in [0.2, 0.25) is 17.7 Å². The van der Waals surface area contributed by atoms with Gasteiger partial charge in [0.05, 0.1) is 16.2 Å². The molecule has 12 aliphatic carbocycles. The molecule has 0 atom stereocenters. The maximum Gasteiger partial charge on any atom is 0.242 e. The van der Waals surface area contributed by atoms with Crippen LogP contribution in [-0.4, -0.2) is 22.6 Å². The van der Waals surface area contributed by atoms with Crippen molar-refractivity contribution >= 4 is 17.7 Å². The normalized spacial score (nSPS) is 55.6. The second kappa shape index (κ2) is 7.30. The molecule has 4 nitrogen and oxygen atoms in total. The Kier molecular flexibility index (Phi) is 4.46. The van der Waals surface area contributed by atoms with E-state index in [2.05, 4.69) is 0 Å². The number of carbonyl (C=O) groups excluding carboxylic acids is 3. The molecule has 0 aromatic heterocycles. The van der Waals surface area contributed by atoms with Gasteiger partial charge >= 0.3 is 0 Å². The van der Waals surface area contributed by atoms with Crippen LogP contribution >= 0.6 is 0 Å². The average molecular weight is 504 g/mol. The lowest BCUT2D eigenvalue weighted by molar-refractivity contribution is -0.186. The van der Waals surface area contributed by atoms with Crippen LogP contribution < -0.4 is 0 Å². The summed E-state index contributed by atoms with van der Waals surface area (Å²) in [4.78, 5) is 46.3. The molecule has 0 heterocycles. The lowest BCUT2D eigenvalue weighted by atomic mass is 9.47. The molecule has 12 saturated carbocycles. The Bertz CT molecular complexity index is 832. The van der Waals surface area contributed by atoms with E-state index in [9.17, 15) is 14.4 Å². The Balaban J connectivity index is 1.12. The summed E-state index contributed by atoms with van der Waals surface area (Å²) in [6.45, 7) is 0. The standard InChI is InChI=1S/C33H45NO3/c35-28(31-10-19-1-20(11-31)3-21(2-19)12-31)34(29(36)32-13-22-4-23(14-32)6-24(5-22)15-32)30(37)33-16-25-7-26(17-33)9-27(8-25)18-33/h19-27H,1-18H2. The van der Waals surface area contributed by atoms with Crippen molar-refractivity contribution in [2.45, 2.75) is 116 Å². The van der Waals surface area contributed by atoms with Gasteiger partial charge in [0.1, 0.15) is 0 Å². The Morgan fingerprint density at radius 1 is 0.351 bits per heavy atom. The molecule has 0 aromatic rings. The first-order valence-corrected chi connectivity index (χ1v) is 16.2. The van der Waals surface area contributed by atoms with Crippen molar-refractivity contribution in [1.82, 2.24) is 4.90 Å². The van der Waals surface area contributed by atoms with Gasteiger partial charge in [-0.25, -0.2) is 4.90 Å². The second-order valence-corrected chi connectivity index (χ2v) is 16.8. The van der Waals surface area contributed by atoms with E-state index in [-0.39, 0.29) is 17.7 Å². The molecule has 12 aliphatic rings. The van der Waals surface area contributed by atoms with E-state index in [0.29, 0.717) is 53.3 Å². The fourth-order valence-corrected chi connectivity index (χ4v) is 14.1. The summed E-state index contributed by atoms with van der Waals surface area (Å²) in [5.41, 5.74) is -1.28. The third kappa shape index (κ3) is 3.11. The van der Waals surface area contributed by atoms with Crippen LogP contribution in [0.1, 0.15) is 116 Å². The van der Waals surface area contributed by atoms with Crippen molar-refractivity contribution in [3.63, 3.8) is 0 Å². The number of imide groups is 3. The number of carbonyl (C=O) groups is 3. The first kappa shape index (κ1) is 22.6. The van der Waals surface area contributed by atoms with Gasteiger partial charge in [-0.05, 0) is 169 Å². The fraction of sp³-hybridized carbons (Fsp3) is 0.909. The van der Waals surface area contributed by atoms with Crippen LogP contribution in [0.15, 0.2) is 0 Å². The minimum atomic E-state index is -0.426. The highest BCUT2D eigenvalue weighted by atomic mass is 16.2. The fourth-order valence-electron chi connectivity index (χ4n) is 14.1. The van der Waals surface area contributed by atoms with Gasteiger partial charge in [-0.2, -0.15) is 0 Å². The second-order valence-electron chi connectivity index (χ2n) is 16.8. The summed E-state index contributed by atoms with van der Waals surface area (Å²) < 4.78 is 0. The van der Waals surface area contributed by atoms with Crippen LogP contribution in [0, 0.1) is 69.5 Å². The van der Waals surface area contributed by atoms with Gasteiger partial charge in [0.25, 0.3) is 0 Å². The zero-order valence-electron chi connectivity index (χ0n) is 22.6. The lowest BCUT2D eigenvalue weighted by Gasteiger charge is -2.60. The molecule has 12 rings (SSSR count). The lowest BCUT2D eigenvalue weighted by Crippen LogP contribution is -2.65.